The second-order valence-corrected chi connectivity index (χ2v) is 5.06. The van der Waals surface area contributed by atoms with Crippen molar-refractivity contribution in [3.8, 4) is 0 Å². The first-order valence-electron chi connectivity index (χ1n) is 7.19. The van der Waals surface area contributed by atoms with Crippen LogP contribution in [0.25, 0.3) is 0 Å². The van der Waals surface area contributed by atoms with E-state index in [0.29, 0.717) is 6.04 Å². The van der Waals surface area contributed by atoms with Crippen molar-refractivity contribution in [1.82, 2.24) is 10.2 Å². The summed E-state index contributed by atoms with van der Waals surface area (Å²) in [5, 5.41) is 3.38. The SMILES string of the molecule is CCNCCCC(C)N(C)CCc1ccccc1. The molecule has 1 N–H and O–H groups in total. The maximum atomic E-state index is 3.38. The third kappa shape index (κ3) is 6.18. The number of likely N-dealkylation sites (N-methyl/N-ethyl adjacent to an activating group) is 1. The first-order valence-corrected chi connectivity index (χ1v) is 7.19. The van der Waals surface area contributed by atoms with Gasteiger partial charge in [-0.3, -0.25) is 0 Å². The van der Waals surface area contributed by atoms with Crippen molar-refractivity contribution in [2.24, 2.45) is 0 Å². The van der Waals surface area contributed by atoms with Crippen molar-refractivity contribution >= 4 is 0 Å². The lowest BCUT2D eigenvalue weighted by Crippen LogP contribution is -2.31. The predicted molar refractivity (Wildman–Crippen MR) is 80.0 cm³/mol. The molecule has 2 heteroatoms. The zero-order valence-electron chi connectivity index (χ0n) is 12.2. The average Bonchev–Trinajstić information content (AvgIpc) is 2.42. The minimum atomic E-state index is 0.673. The van der Waals surface area contributed by atoms with Crippen LogP contribution in [0.5, 0.6) is 0 Å². The third-order valence-corrected chi connectivity index (χ3v) is 3.57. The Kier molecular flexibility index (Phi) is 7.70. The van der Waals surface area contributed by atoms with E-state index in [4.69, 9.17) is 0 Å². The zero-order chi connectivity index (χ0) is 13.2. The smallest absolute Gasteiger partial charge is 0.00644 e. The molecular weight excluding hydrogens is 220 g/mol. The van der Waals surface area contributed by atoms with Crippen LogP contribution < -0.4 is 5.32 Å². The van der Waals surface area contributed by atoms with Crippen LogP contribution in [0.15, 0.2) is 30.3 Å². The molecule has 102 valence electrons. The highest BCUT2D eigenvalue weighted by Gasteiger charge is 2.08. The monoisotopic (exact) mass is 248 g/mol. The molecule has 2 nitrogen and oxygen atoms in total. The van der Waals surface area contributed by atoms with Crippen LogP contribution >= 0.6 is 0 Å². The van der Waals surface area contributed by atoms with Gasteiger partial charge in [-0.2, -0.15) is 0 Å². The lowest BCUT2D eigenvalue weighted by molar-refractivity contribution is 0.245. The molecular formula is C16H28N2. The highest BCUT2D eigenvalue weighted by atomic mass is 15.1. The van der Waals surface area contributed by atoms with Gasteiger partial charge >= 0.3 is 0 Å². The van der Waals surface area contributed by atoms with Crippen LogP contribution in [-0.2, 0) is 6.42 Å². The summed E-state index contributed by atoms with van der Waals surface area (Å²) < 4.78 is 0. The summed E-state index contributed by atoms with van der Waals surface area (Å²) >= 11 is 0. The van der Waals surface area contributed by atoms with E-state index in [9.17, 15) is 0 Å². The third-order valence-electron chi connectivity index (χ3n) is 3.57. The van der Waals surface area contributed by atoms with Crippen LogP contribution in [-0.4, -0.2) is 37.6 Å². The molecule has 1 aromatic rings. The Morgan fingerprint density at radius 2 is 1.94 bits per heavy atom. The summed E-state index contributed by atoms with van der Waals surface area (Å²) in [5.74, 6) is 0. The van der Waals surface area contributed by atoms with Crippen molar-refractivity contribution in [3.05, 3.63) is 35.9 Å². The molecule has 0 amide bonds. The Morgan fingerprint density at radius 3 is 2.61 bits per heavy atom. The number of nitrogens with one attached hydrogen (secondary N) is 1. The van der Waals surface area contributed by atoms with Crippen molar-refractivity contribution in [3.63, 3.8) is 0 Å². The summed E-state index contributed by atoms with van der Waals surface area (Å²) in [4.78, 5) is 2.47. The van der Waals surface area contributed by atoms with Crippen LogP contribution in [0.4, 0.5) is 0 Å². The first kappa shape index (κ1) is 15.2. The molecule has 1 aromatic carbocycles. The summed E-state index contributed by atoms with van der Waals surface area (Å²) in [6.07, 6.45) is 3.69. The van der Waals surface area contributed by atoms with Gasteiger partial charge in [-0.1, -0.05) is 37.3 Å². The van der Waals surface area contributed by atoms with Gasteiger partial charge in [0.25, 0.3) is 0 Å². The molecule has 0 saturated heterocycles. The number of hydrogen-bond acceptors (Lipinski definition) is 2. The fourth-order valence-electron chi connectivity index (χ4n) is 2.09. The lowest BCUT2D eigenvalue weighted by atomic mass is 10.1. The van der Waals surface area contributed by atoms with E-state index < -0.39 is 0 Å². The minimum Gasteiger partial charge on any atom is -0.317 e. The topological polar surface area (TPSA) is 15.3 Å². The maximum absolute atomic E-state index is 3.38. The van der Waals surface area contributed by atoms with Gasteiger partial charge in [-0.25, -0.2) is 0 Å². The van der Waals surface area contributed by atoms with Gasteiger partial charge in [0.15, 0.2) is 0 Å². The Morgan fingerprint density at radius 1 is 1.22 bits per heavy atom. The molecule has 0 aromatic heterocycles. The first-order chi connectivity index (χ1) is 8.74. The van der Waals surface area contributed by atoms with E-state index in [0.717, 1.165) is 26.1 Å². The highest BCUT2D eigenvalue weighted by Crippen LogP contribution is 2.06. The van der Waals surface area contributed by atoms with E-state index in [1.54, 1.807) is 0 Å². The largest absolute Gasteiger partial charge is 0.317 e. The Labute approximate surface area is 112 Å². The van der Waals surface area contributed by atoms with Crippen LogP contribution in [0.2, 0.25) is 0 Å². The number of hydrogen-bond donors (Lipinski definition) is 1. The summed E-state index contributed by atoms with van der Waals surface area (Å²) in [7, 11) is 2.24. The van der Waals surface area contributed by atoms with Gasteiger partial charge in [0, 0.05) is 12.6 Å². The molecule has 0 aliphatic heterocycles. The standard InChI is InChI=1S/C16H28N2/c1-4-17-13-8-9-15(2)18(3)14-12-16-10-6-5-7-11-16/h5-7,10-11,15,17H,4,8-9,12-14H2,1-3H3. The van der Waals surface area contributed by atoms with Gasteiger partial charge < -0.3 is 10.2 Å². The van der Waals surface area contributed by atoms with Gasteiger partial charge in [0.05, 0.1) is 0 Å². The second-order valence-electron chi connectivity index (χ2n) is 5.06. The fraction of sp³-hybridized carbons (Fsp3) is 0.625. The summed E-state index contributed by atoms with van der Waals surface area (Å²) in [6, 6.07) is 11.4. The predicted octanol–water partition coefficient (Wildman–Crippen LogP) is 2.94. The fourth-order valence-corrected chi connectivity index (χ4v) is 2.09. The molecule has 1 unspecified atom stereocenters. The number of rotatable bonds is 9. The minimum absolute atomic E-state index is 0.673. The molecule has 18 heavy (non-hydrogen) atoms. The highest BCUT2D eigenvalue weighted by molar-refractivity contribution is 5.14. The molecule has 0 radical (unpaired) electrons. The van der Waals surface area contributed by atoms with E-state index in [1.165, 1.54) is 18.4 Å². The van der Waals surface area contributed by atoms with Crippen LogP contribution in [0.1, 0.15) is 32.3 Å². The summed E-state index contributed by atoms with van der Waals surface area (Å²) in [6.45, 7) is 7.87. The Bertz CT molecular complexity index is 297. The molecule has 0 spiro atoms. The Balaban J connectivity index is 2.17. The van der Waals surface area contributed by atoms with Crippen molar-refractivity contribution < 1.29 is 0 Å². The molecule has 0 bridgehead atoms. The Hall–Kier alpha value is -0.860. The van der Waals surface area contributed by atoms with Crippen LogP contribution in [0, 0.1) is 0 Å². The van der Waals surface area contributed by atoms with E-state index in [2.05, 4.69) is 61.4 Å². The molecule has 0 heterocycles. The molecule has 1 rings (SSSR count). The average molecular weight is 248 g/mol. The van der Waals surface area contributed by atoms with E-state index in [-0.39, 0.29) is 0 Å². The van der Waals surface area contributed by atoms with Gasteiger partial charge in [0.2, 0.25) is 0 Å². The van der Waals surface area contributed by atoms with E-state index in [1.807, 2.05) is 0 Å². The zero-order valence-corrected chi connectivity index (χ0v) is 12.2. The molecule has 0 fully saturated rings. The molecule has 1 atom stereocenters. The van der Waals surface area contributed by atoms with Crippen molar-refractivity contribution in [2.45, 2.75) is 39.2 Å². The summed E-state index contributed by atoms with van der Waals surface area (Å²) in [5.41, 5.74) is 1.43. The van der Waals surface area contributed by atoms with Gasteiger partial charge in [0.1, 0.15) is 0 Å². The number of benzene rings is 1. The lowest BCUT2D eigenvalue weighted by Gasteiger charge is -2.24. The van der Waals surface area contributed by atoms with E-state index >= 15 is 0 Å². The molecule has 0 aliphatic rings. The van der Waals surface area contributed by atoms with Crippen molar-refractivity contribution in [1.29, 1.82) is 0 Å². The molecule has 0 aliphatic carbocycles. The normalized spacial score (nSPS) is 12.9. The molecule has 0 saturated carbocycles. The van der Waals surface area contributed by atoms with Gasteiger partial charge in [-0.15, -0.1) is 0 Å². The maximum Gasteiger partial charge on any atom is 0.00644 e. The second kappa shape index (κ2) is 9.12. The number of nitrogens with zero attached hydrogens (tertiary/aromatic N) is 1. The quantitative estimate of drug-likeness (QED) is 0.676. The van der Waals surface area contributed by atoms with Gasteiger partial charge in [-0.05, 0) is 51.9 Å². The van der Waals surface area contributed by atoms with Crippen molar-refractivity contribution in [2.75, 3.05) is 26.7 Å². The van der Waals surface area contributed by atoms with Crippen LogP contribution in [0.3, 0.4) is 0 Å².